The standard InChI is InChI=1S/C17H17NO5/c19-10-13-4-6-16(23-13)14-8-11(17(20)21)3-5-15(14)18-9-12-2-1-7-22-12/h3-6,8,10,12,18H,1-2,7,9H2,(H,20,21). The predicted molar refractivity (Wildman–Crippen MR) is 84.0 cm³/mol. The van der Waals surface area contributed by atoms with Crippen molar-refractivity contribution in [1.29, 1.82) is 0 Å². The number of furan rings is 1. The second-order valence-electron chi connectivity index (χ2n) is 5.40. The highest BCUT2D eigenvalue weighted by molar-refractivity contribution is 5.91. The first-order valence-electron chi connectivity index (χ1n) is 7.45. The second-order valence-corrected chi connectivity index (χ2v) is 5.40. The van der Waals surface area contributed by atoms with Crippen LogP contribution in [0.2, 0.25) is 0 Å². The molecule has 1 aliphatic rings. The van der Waals surface area contributed by atoms with Gasteiger partial charge in [-0.05, 0) is 43.2 Å². The molecule has 6 heteroatoms. The summed E-state index contributed by atoms with van der Waals surface area (Å²) in [6.07, 6.45) is 2.83. The molecule has 2 N–H and O–H groups in total. The Labute approximate surface area is 133 Å². The predicted octanol–water partition coefficient (Wildman–Crippen LogP) is 3.05. The van der Waals surface area contributed by atoms with Gasteiger partial charge in [0, 0.05) is 24.4 Å². The van der Waals surface area contributed by atoms with Gasteiger partial charge in [0.25, 0.3) is 0 Å². The van der Waals surface area contributed by atoms with Crippen LogP contribution >= 0.6 is 0 Å². The molecule has 0 radical (unpaired) electrons. The van der Waals surface area contributed by atoms with Gasteiger partial charge in [-0.1, -0.05) is 0 Å². The van der Waals surface area contributed by atoms with Crippen LogP contribution in [0.3, 0.4) is 0 Å². The maximum Gasteiger partial charge on any atom is 0.335 e. The Bertz CT molecular complexity index is 716. The third-order valence-corrected chi connectivity index (χ3v) is 3.82. The van der Waals surface area contributed by atoms with Gasteiger partial charge >= 0.3 is 5.97 Å². The highest BCUT2D eigenvalue weighted by Gasteiger charge is 2.17. The SMILES string of the molecule is O=Cc1ccc(-c2cc(C(=O)O)ccc2NCC2CCCO2)o1. The summed E-state index contributed by atoms with van der Waals surface area (Å²) in [4.78, 5) is 22.0. The number of carboxylic acid groups (broad SMARTS) is 1. The van der Waals surface area contributed by atoms with Gasteiger partial charge in [0.1, 0.15) is 5.76 Å². The molecule has 0 bridgehead atoms. The van der Waals surface area contributed by atoms with E-state index in [1.807, 2.05) is 0 Å². The molecule has 2 aromatic rings. The average Bonchev–Trinajstić information content (AvgIpc) is 3.24. The molecule has 120 valence electrons. The highest BCUT2D eigenvalue weighted by atomic mass is 16.5. The largest absolute Gasteiger partial charge is 0.478 e. The van der Waals surface area contributed by atoms with Crippen LogP contribution in [-0.2, 0) is 4.74 Å². The van der Waals surface area contributed by atoms with Gasteiger partial charge in [-0.3, -0.25) is 4.79 Å². The number of benzene rings is 1. The number of carboxylic acids is 1. The molecule has 1 saturated heterocycles. The maximum absolute atomic E-state index is 11.2. The molecule has 3 rings (SSSR count). The van der Waals surface area contributed by atoms with Crippen LogP contribution in [0.1, 0.15) is 33.8 Å². The Morgan fingerprint density at radius 1 is 1.35 bits per heavy atom. The van der Waals surface area contributed by atoms with Crippen molar-refractivity contribution in [3.05, 3.63) is 41.7 Å². The van der Waals surface area contributed by atoms with Crippen LogP contribution < -0.4 is 5.32 Å². The first-order valence-corrected chi connectivity index (χ1v) is 7.45. The number of rotatable bonds is 6. The molecular weight excluding hydrogens is 298 g/mol. The van der Waals surface area contributed by atoms with E-state index in [0.717, 1.165) is 25.1 Å². The molecule has 1 unspecified atom stereocenters. The number of carbonyl (C=O) groups excluding carboxylic acids is 1. The van der Waals surface area contributed by atoms with E-state index in [9.17, 15) is 14.7 Å². The van der Waals surface area contributed by atoms with E-state index in [0.29, 0.717) is 24.2 Å². The van der Waals surface area contributed by atoms with E-state index >= 15 is 0 Å². The summed E-state index contributed by atoms with van der Waals surface area (Å²) < 4.78 is 11.0. The van der Waals surface area contributed by atoms with Gasteiger partial charge in [0.2, 0.25) is 0 Å². The lowest BCUT2D eigenvalue weighted by molar-refractivity contribution is 0.0696. The highest BCUT2D eigenvalue weighted by Crippen LogP contribution is 2.31. The molecule has 23 heavy (non-hydrogen) atoms. The molecule has 1 aliphatic heterocycles. The Morgan fingerprint density at radius 3 is 2.87 bits per heavy atom. The quantitative estimate of drug-likeness (QED) is 0.796. The molecule has 1 aromatic heterocycles. The van der Waals surface area contributed by atoms with Crippen LogP contribution in [0.25, 0.3) is 11.3 Å². The van der Waals surface area contributed by atoms with Crippen LogP contribution in [0.5, 0.6) is 0 Å². The number of hydrogen-bond acceptors (Lipinski definition) is 5. The lowest BCUT2D eigenvalue weighted by Crippen LogP contribution is -2.18. The molecule has 0 amide bonds. The summed E-state index contributed by atoms with van der Waals surface area (Å²) in [5.74, 6) is -0.366. The number of nitrogens with one attached hydrogen (secondary N) is 1. The van der Waals surface area contributed by atoms with E-state index in [2.05, 4.69) is 5.32 Å². The first kappa shape index (κ1) is 15.3. The number of anilines is 1. The zero-order valence-electron chi connectivity index (χ0n) is 12.5. The van der Waals surface area contributed by atoms with Gasteiger partial charge in [0.15, 0.2) is 12.0 Å². The summed E-state index contributed by atoms with van der Waals surface area (Å²) in [7, 11) is 0. The number of hydrogen-bond donors (Lipinski definition) is 2. The minimum absolute atomic E-state index is 0.157. The van der Waals surface area contributed by atoms with E-state index in [1.54, 1.807) is 18.2 Å². The molecule has 0 aliphatic carbocycles. The van der Waals surface area contributed by atoms with Crippen LogP contribution in [-0.4, -0.2) is 36.6 Å². The zero-order valence-corrected chi connectivity index (χ0v) is 12.5. The molecule has 1 aromatic carbocycles. The average molecular weight is 315 g/mol. The topological polar surface area (TPSA) is 88.8 Å². The smallest absolute Gasteiger partial charge is 0.335 e. The van der Waals surface area contributed by atoms with Gasteiger partial charge in [-0.25, -0.2) is 4.79 Å². The van der Waals surface area contributed by atoms with Crippen molar-refractivity contribution in [3.8, 4) is 11.3 Å². The molecule has 0 saturated carbocycles. The normalized spacial score (nSPS) is 17.1. The van der Waals surface area contributed by atoms with E-state index < -0.39 is 5.97 Å². The van der Waals surface area contributed by atoms with Crippen LogP contribution in [0.4, 0.5) is 5.69 Å². The summed E-state index contributed by atoms with van der Waals surface area (Å²) in [6.45, 7) is 1.42. The fourth-order valence-corrected chi connectivity index (χ4v) is 2.63. The lowest BCUT2D eigenvalue weighted by Gasteiger charge is -2.15. The van der Waals surface area contributed by atoms with Crippen molar-refractivity contribution < 1.29 is 23.8 Å². The van der Waals surface area contributed by atoms with Crippen molar-refractivity contribution in [2.45, 2.75) is 18.9 Å². The van der Waals surface area contributed by atoms with Crippen molar-refractivity contribution in [2.24, 2.45) is 0 Å². The van der Waals surface area contributed by atoms with Gasteiger partial charge in [-0.15, -0.1) is 0 Å². The summed E-state index contributed by atoms with van der Waals surface area (Å²) in [5.41, 5.74) is 1.51. The van der Waals surface area contributed by atoms with E-state index in [4.69, 9.17) is 9.15 Å². The molecule has 2 heterocycles. The third kappa shape index (κ3) is 3.43. The lowest BCUT2D eigenvalue weighted by atomic mass is 10.1. The summed E-state index contributed by atoms with van der Waals surface area (Å²) >= 11 is 0. The van der Waals surface area contributed by atoms with Gasteiger partial charge in [-0.2, -0.15) is 0 Å². The Hall–Kier alpha value is -2.60. The second kappa shape index (κ2) is 6.66. The number of aldehydes is 1. The van der Waals surface area contributed by atoms with E-state index in [-0.39, 0.29) is 17.4 Å². The van der Waals surface area contributed by atoms with Gasteiger partial charge in [0.05, 0.1) is 11.7 Å². The van der Waals surface area contributed by atoms with Crippen LogP contribution in [0.15, 0.2) is 34.7 Å². The van der Waals surface area contributed by atoms with Crippen molar-refractivity contribution in [1.82, 2.24) is 0 Å². The Balaban J connectivity index is 1.90. The molecule has 6 nitrogen and oxygen atoms in total. The number of aromatic carboxylic acids is 1. The Morgan fingerprint density at radius 2 is 2.22 bits per heavy atom. The monoisotopic (exact) mass is 315 g/mol. The molecule has 1 atom stereocenters. The van der Waals surface area contributed by atoms with E-state index in [1.165, 1.54) is 12.1 Å². The Kier molecular flexibility index (Phi) is 4.43. The maximum atomic E-state index is 11.2. The van der Waals surface area contributed by atoms with Crippen LogP contribution in [0, 0.1) is 0 Å². The fraction of sp³-hybridized carbons (Fsp3) is 0.294. The van der Waals surface area contributed by atoms with Crippen molar-refractivity contribution in [3.63, 3.8) is 0 Å². The molecular formula is C17H17NO5. The number of carbonyl (C=O) groups is 2. The van der Waals surface area contributed by atoms with Crippen molar-refractivity contribution in [2.75, 3.05) is 18.5 Å². The third-order valence-electron chi connectivity index (χ3n) is 3.82. The number of ether oxygens (including phenoxy) is 1. The molecule has 1 fully saturated rings. The zero-order chi connectivity index (χ0) is 16.2. The summed E-state index contributed by atoms with van der Waals surface area (Å²) in [5, 5.41) is 12.5. The minimum Gasteiger partial charge on any atom is -0.478 e. The van der Waals surface area contributed by atoms with Crippen molar-refractivity contribution >= 4 is 17.9 Å². The summed E-state index contributed by atoms with van der Waals surface area (Å²) in [6, 6.07) is 7.99. The molecule has 0 spiro atoms. The fourth-order valence-electron chi connectivity index (χ4n) is 2.63. The first-order chi connectivity index (χ1) is 11.2. The minimum atomic E-state index is -1.01. The van der Waals surface area contributed by atoms with Gasteiger partial charge < -0.3 is 19.6 Å².